The van der Waals surface area contributed by atoms with Crippen molar-refractivity contribution in [1.29, 1.82) is 0 Å². The van der Waals surface area contributed by atoms with Crippen LogP contribution in [0.25, 0.3) is 0 Å². The van der Waals surface area contributed by atoms with Crippen molar-refractivity contribution in [2.45, 2.75) is 58.0 Å². The molecule has 1 fully saturated rings. The minimum Gasteiger partial charge on any atom is -0.461 e. The van der Waals surface area contributed by atoms with Gasteiger partial charge in [-0.1, -0.05) is 25.2 Å². The van der Waals surface area contributed by atoms with Gasteiger partial charge in [0.25, 0.3) is 0 Å². The molecule has 1 saturated carbocycles. The number of hydrogen-bond donors (Lipinski definition) is 0. The standard InChI is InChI=1S/C15H20N2O/c1-3-7-12(2)18-15-10-14(16-11-17-15)13-8-5-4-6-9-13/h10-13H,4-6,8-9H2,1-2H3. The minimum absolute atomic E-state index is 0.121. The van der Waals surface area contributed by atoms with E-state index >= 15 is 0 Å². The normalized spacial score (nSPS) is 17.7. The lowest BCUT2D eigenvalue weighted by Crippen LogP contribution is -2.12. The van der Waals surface area contributed by atoms with Gasteiger partial charge in [0, 0.05) is 12.0 Å². The van der Waals surface area contributed by atoms with Crippen molar-refractivity contribution in [3.05, 3.63) is 18.1 Å². The van der Waals surface area contributed by atoms with E-state index in [9.17, 15) is 0 Å². The SMILES string of the molecule is CC#CC(C)Oc1cc(C2CCCCC2)ncn1. The molecule has 3 heteroatoms. The molecule has 18 heavy (non-hydrogen) atoms. The van der Waals surface area contributed by atoms with Crippen LogP contribution in [0.1, 0.15) is 57.6 Å². The van der Waals surface area contributed by atoms with E-state index in [1.165, 1.54) is 32.1 Å². The summed E-state index contributed by atoms with van der Waals surface area (Å²) in [4.78, 5) is 8.54. The second-order valence-corrected chi connectivity index (χ2v) is 4.77. The van der Waals surface area contributed by atoms with Gasteiger partial charge in [-0.2, -0.15) is 0 Å². The number of hydrogen-bond acceptors (Lipinski definition) is 3. The molecule has 2 rings (SSSR count). The second-order valence-electron chi connectivity index (χ2n) is 4.77. The summed E-state index contributed by atoms with van der Waals surface area (Å²) >= 11 is 0. The number of ether oxygens (including phenoxy) is 1. The van der Waals surface area contributed by atoms with E-state index in [0.29, 0.717) is 11.8 Å². The molecule has 1 heterocycles. The van der Waals surface area contributed by atoms with Crippen molar-refractivity contribution in [3.8, 4) is 17.7 Å². The zero-order chi connectivity index (χ0) is 12.8. The van der Waals surface area contributed by atoms with Crippen molar-refractivity contribution >= 4 is 0 Å². The van der Waals surface area contributed by atoms with Crippen LogP contribution in [0.5, 0.6) is 5.88 Å². The summed E-state index contributed by atoms with van der Waals surface area (Å²) in [7, 11) is 0. The van der Waals surface area contributed by atoms with E-state index in [1.807, 2.05) is 19.9 Å². The zero-order valence-corrected chi connectivity index (χ0v) is 11.1. The van der Waals surface area contributed by atoms with Crippen LogP contribution < -0.4 is 4.74 Å². The molecule has 1 atom stereocenters. The quantitative estimate of drug-likeness (QED) is 0.765. The van der Waals surface area contributed by atoms with Gasteiger partial charge in [0.2, 0.25) is 5.88 Å². The van der Waals surface area contributed by atoms with Gasteiger partial charge in [-0.25, -0.2) is 9.97 Å². The lowest BCUT2D eigenvalue weighted by molar-refractivity contribution is 0.266. The Morgan fingerprint density at radius 2 is 2.06 bits per heavy atom. The first-order chi connectivity index (χ1) is 8.79. The summed E-state index contributed by atoms with van der Waals surface area (Å²) in [5, 5.41) is 0. The van der Waals surface area contributed by atoms with Gasteiger partial charge in [0.05, 0.1) is 5.69 Å². The Balaban J connectivity index is 2.06. The van der Waals surface area contributed by atoms with E-state index < -0.39 is 0 Å². The van der Waals surface area contributed by atoms with Crippen LogP contribution in [-0.2, 0) is 0 Å². The first kappa shape index (κ1) is 12.9. The number of rotatable bonds is 3. The molecule has 0 aromatic carbocycles. The molecule has 1 aromatic rings. The highest BCUT2D eigenvalue weighted by molar-refractivity contribution is 5.19. The van der Waals surface area contributed by atoms with Gasteiger partial charge in [-0.15, -0.1) is 5.92 Å². The van der Waals surface area contributed by atoms with Crippen LogP contribution in [-0.4, -0.2) is 16.1 Å². The van der Waals surface area contributed by atoms with Crippen molar-refractivity contribution in [2.24, 2.45) is 0 Å². The molecule has 0 spiro atoms. The summed E-state index contributed by atoms with van der Waals surface area (Å²) in [5.74, 6) is 7.03. The highest BCUT2D eigenvalue weighted by Gasteiger charge is 2.17. The van der Waals surface area contributed by atoms with Crippen molar-refractivity contribution in [3.63, 3.8) is 0 Å². The smallest absolute Gasteiger partial charge is 0.217 e. The van der Waals surface area contributed by atoms with Crippen molar-refractivity contribution < 1.29 is 4.74 Å². The van der Waals surface area contributed by atoms with E-state index in [2.05, 4.69) is 21.8 Å². The molecule has 0 amide bonds. The van der Waals surface area contributed by atoms with Gasteiger partial charge >= 0.3 is 0 Å². The van der Waals surface area contributed by atoms with Gasteiger partial charge in [0.15, 0.2) is 6.10 Å². The van der Waals surface area contributed by atoms with E-state index in [-0.39, 0.29) is 6.10 Å². The third-order valence-electron chi connectivity index (χ3n) is 3.33. The Kier molecular flexibility index (Phi) is 4.58. The van der Waals surface area contributed by atoms with Gasteiger partial charge < -0.3 is 4.74 Å². The number of aromatic nitrogens is 2. The van der Waals surface area contributed by atoms with E-state index in [1.54, 1.807) is 6.33 Å². The van der Waals surface area contributed by atoms with Crippen LogP contribution in [0.4, 0.5) is 0 Å². The van der Waals surface area contributed by atoms with E-state index in [0.717, 1.165) is 5.69 Å². The largest absolute Gasteiger partial charge is 0.461 e. The van der Waals surface area contributed by atoms with Gasteiger partial charge in [-0.3, -0.25) is 0 Å². The molecule has 3 nitrogen and oxygen atoms in total. The Bertz CT molecular complexity index is 441. The van der Waals surface area contributed by atoms with Crippen molar-refractivity contribution in [1.82, 2.24) is 9.97 Å². The fourth-order valence-electron chi connectivity index (χ4n) is 2.45. The molecule has 96 valence electrons. The Morgan fingerprint density at radius 3 is 2.78 bits per heavy atom. The maximum Gasteiger partial charge on any atom is 0.217 e. The lowest BCUT2D eigenvalue weighted by Gasteiger charge is -2.21. The number of nitrogens with zero attached hydrogens (tertiary/aromatic N) is 2. The van der Waals surface area contributed by atoms with Crippen LogP contribution >= 0.6 is 0 Å². The summed E-state index contributed by atoms with van der Waals surface area (Å²) < 4.78 is 5.66. The average Bonchev–Trinajstić information content (AvgIpc) is 2.40. The molecular weight excluding hydrogens is 224 g/mol. The summed E-state index contributed by atoms with van der Waals surface area (Å²) in [6, 6.07) is 1.98. The molecule has 0 bridgehead atoms. The predicted octanol–water partition coefficient (Wildman–Crippen LogP) is 3.31. The topological polar surface area (TPSA) is 35.0 Å². The third kappa shape index (κ3) is 3.46. The summed E-state index contributed by atoms with van der Waals surface area (Å²) in [5.41, 5.74) is 1.12. The van der Waals surface area contributed by atoms with Crippen molar-refractivity contribution in [2.75, 3.05) is 0 Å². The average molecular weight is 244 g/mol. The van der Waals surface area contributed by atoms with E-state index in [4.69, 9.17) is 4.74 Å². The van der Waals surface area contributed by atoms with Crippen LogP contribution in [0.2, 0.25) is 0 Å². The monoisotopic (exact) mass is 244 g/mol. The zero-order valence-electron chi connectivity index (χ0n) is 11.1. The first-order valence-corrected chi connectivity index (χ1v) is 6.70. The minimum atomic E-state index is -0.121. The molecule has 1 unspecified atom stereocenters. The second kappa shape index (κ2) is 6.39. The first-order valence-electron chi connectivity index (χ1n) is 6.70. The fraction of sp³-hybridized carbons (Fsp3) is 0.600. The summed E-state index contributed by atoms with van der Waals surface area (Å²) in [6.45, 7) is 3.74. The molecule has 1 aliphatic carbocycles. The fourth-order valence-corrected chi connectivity index (χ4v) is 2.45. The highest BCUT2D eigenvalue weighted by atomic mass is 16.5. The predicted molar refractivity (Wildman–Crippen MR) is 71.4 cm³/mol. The Morgan fingerprint density at radius 1 is 1.28 bits per heavy atom. The maximum absolute atomic E-state index is 5.66. The third-order valence-corrected chi connectivity index (χ3v) is 3.33. The van der Waals surface area contributed by atoms with Crippen LogP contribution in [0.3, 0.4) is 0 Å². The molecule has 0 saturated heterocycles. The molecule has 0 N–H and O–H groups in total. The Hall–Kier alpha value is -1.56. The lowest BCUT2D eigenvalue weighted by atomic mass is 9.87. The molecule has 0 aliphatic heterocycles. The highest BCUT2D eigenvalue weighted by Crippen LogP contribution is 2.32. The van der Waals surface area contributed by atoms with Crippen LogP contribution in [0.15, 0.2) is 12.4 Å². The van der Waals surface area contributed by atoms with Crippen LogP contribution in [0, 0.1) is 11.8 Å². The van der Waals surface area contributed by atoms with Gasteiger partial charge in [0.1, 0.15) is 6.33 Å². The molecule has 1 aromatic heterocycles. The molecule has 1 aliphatic rings. The Labute approximate surface area is 109 Å². The summed E-state index contributed by atoms with van der Waals surface area (Å²) in [6.07, 6.45) is 7.93. The molecule has 0 radical (unpaired) electrons. The maximum atomic E-state index is 5.66. The molecular formula is C15H20N2O. The van der Waals surface area contributed by atoms with Gasteiger partial charge in [-0.05, 0) is 26.7 Å².